The van der Waals surface area contributed by atoms with E-state index in [1.807, 2.05) is 0 Å². The SMILES string of the molecule is CCC[N+]1=C(/C=C/C=C2\OCCN2CC)C(C)(C)c2ccccc21. The maximum atomic E-state index is 5.72. The zero-order valence-corrected chi connectivity index (χ0v) is 15.4. The molecule has 0 N–H and O–H groups in total. The first-order valence-electron chi connectivity index (χ1n) is 9.10. The van der Waals surface area contributed by atoms with Gasteiger partial charge in [0, 0.05) is 30.7 Å². The van der Waals surface area contributed by atoms with Gasteiger partial charge in [-0.1, -0.05) is 31.2 Å². The highest BCUT2D eigenvalue weighted by Crippen LogP contribution is 2.39. The zero-order chi connectivity index (χ0) is 17.2. The zero-order valence-electron chi connectivity index (χ0n) is 15.4. The number of fused-ring (bicyclic) bond motifs is 1. The van der Waals surface area contributed by atoms with E-state index in [0.717, 1.165) is 38.5 Å². The third-order valence-corrected chi connectivity index (χ3v) is 5.04. The molecule has 3 heteroatoms. The van der Waals surface area contributed by atoms with Crippen molar-refractivity contribution in [3.8, 4) is 0 Å². The summed E-state index contributed by atoms with van der Waals surface area (Å²) in [5.41, 5.74) is 4.16. The Morgan fingerprint density at radius 3 is 2.79 bits per heavy atom. The van der Waals surface area contributed by atoms with E-state index in [4.69, 9.17) is 4.74 Å². The van der Waals surface area contributed by atoms with Crippen molar-refractivity contribution in [3.05, 3.63) is 53.9 Å². The number of likely N-dealkylation sites (N-methyl/N-ethyl adjacent to an activating group) is 1. The fourth-order valence-corrected chi connectivity index (χ4v) is 3.76. The molecular formula is C21H29N2O+. The number of para-hydroxylation sites is 1. The van der Waals surface area contributed by atoms with Crippen LogP contribution in [0.1, 0.15) is 39.7 Å². The molecule has 0 atom stereocenters. The molecule has 3 nitrogen and oxygen atoms in total. The predicted octanol–water partition coefficient (Wildman–Crippen LogP) is 4.22. The molecule has 24 heavy (non-hydrogen) atoms. The summed E-state index contributed by atoms with van der Waals surface area (Å²) in [5, 5.41) is 0. The Labute approximate surface area is 145 Å². The third-order valence-electron chi connectivity index (χ3n) is 5.04. The van der Waals surface area contributed by atoms with Gasteiger partial charge in [-0.05, 0) is 26.8 Å². The second-order valence-corrected chi connectivity index (χ2v) is 6.97. The topological polar surface area (TPSA) is 15.5 Å². The number of nitrogens with zero attached hydrogens (tertiary/aromatic N) is 2. The lowest BCUT2D eigenvalue weighted by Crippen LogP contribution is -2.27. The molecule has 3 rings (SSSR count). The molecule has 0 bridgehead atoms. The molecule has 1 fully saturated rings. The fourth-order valence-electron chi connectivity index (χ4n) is 3.76. The summed E-state index contributed by atoms with van der Waals surface area (Å²) in [4.78, 5) is 2.27. The Bertz CT molecular complexity index is 698. The average Bonchev–Trinajstić information content (AvgIpc) is 3.11. The third kappa shape index (κ3) is 2.88. The summed E-state index contributed by atoms with van der Waals surface area (Å²) in [6.45, 7) is 12.9. The van der Waals surface area contributed by atoms with Gasteiger partial charge in [-0.3, -0.25) is 0 Å². The molecule has 0 aromatic heterocycles. The van der Waals surface area contributed by atoms with Crippen LogP contribution in [0.2, 0.25) is 0 Å². The molecule has 1 aromatic carbocycles. The first kappa shape index (κ1) is 16.8. The van der Waals surface area contributed by atoms with Crippen LogP contribution in [0.15, 0.2) is 48.4 Å². The van der Waals surface area contributed by atoms with Crippen LogP contribution in [0.5, 0.6) is 0 Å². The maximum Gasteiger partial charge on any atom is 0.209 e. The second-order valence-electron chi connectivity index (χ2n) is 6.97. The predicted molar refractivity (Wildman–Crippen MR) is 100.0 cm³/mol. The van der Waals surface area contributed by atoms with Crippen molar-refractivity contribution in [2.24, 2.45) is 0 Å². The molecule has 0 unspecified atom stereocenters. The van der Waals surface area contributed by atoms with E-state index in [9.17, 15) is 0 Å². The van der Waals surface area contributed by atoms with E-state index < -0.39 is 0 Å². The average molecular weight is 325 g/mol. The minimum absolute atomic E-state index is 0.0295. The number of benzene rings is 1. The van der Waals surface area contributed by atoms with Gasteiger partial charge in [0.25, 0.3) is 0 Å². The molecule has 2 aliphatic heterocycles. The van der Waals surface area contributed by atoms with Gasteiger partial charge in [0.05, 0.1) is 12.0 Å². The van der Waals surface area contributed by atoms with Crippen LogP contribution >= 0.6 is 0 Å². The normalized spacial score (nSPS) is 21.0. The van der Waals surface area contributed by atoms with Crippen molar-refractivity contribution in [2.75, 3.05) is 26.2 Å². The monoisotopic (exact) mass is 325 g/mol. The lowest BCUT2D eigenvalue weighted by molar-refractivity contribution is -0.437. The van der Waals surface area contributed by atoms with Crippen molar-refractivity contribution in [1.82, 2.24) is 4.90 Å². The number of hydrogen-bond acceptors (Lipinski definition) is 2. The van der Waals surface area contributed by atoms with Crippen molar-refractivity contribution < 1.29 is 9.31 Å². The smallest absolute Gasteiger partial charge is 0.209 e. The molecule has 0 saturated carbocycles. The fraction of sp³-hybridized carbons (Fsp3) is 0.476. The van der Waals surface area contributed by atoms with Crippen molar-refractivity contribution >= 4 is 11.4 Å². The summed E-state index contributed by atoms with van der Waals surface area (Å²) < 4.78 is 8.19. The summed E-state index contributed by atoms with van der Waals surface area (Å²) in [5.74, 6) is 0.990. The van der Waals surface area contributed by atoms with E-state index in [1.54, 1.807) is 0 Å². The highest BCUT2D eigenvalue weighted by atomic mass is 16.5. The highest BCUT2D eigenvalue weighted by molar-refractivity contribution is 6.03. The maximum absolute atomic E-state index is 5.72. The van der Waals surface area contributed by atoms with Gasteiger partial charge >= 0.3 is 0 Å². The van der Waals surface area contributed by atoms with Gasteiger partial charge < -0.3 is 9.64 Å². The molecule has 0 amide bonds. The summed E-state index contributed by atoms with van der Waals surface area (Å²) in [6, 6.07) is 8.78. The van der Waals surface area contributed by atoms with Crippen LogP contribution in [0, 0.1) is 0 Å². The molecule has 0 spiro atoms. The van der Waals surface area contributed by atoms with E-state index in [0.29, 0.717) is 0 Å². The molecule has 2 aliphatic rings. The van der Waals surface area contributed by atoms with E-state index in [-0.39, 0.29) is 5.41 Å². The van der Waals surface area contributed by atoms with Gasteiger partial charge in [0.1, 0.15) is 13.2 Å². The lowest BCUT2D eigenvalue weighted by Gasteiger charge is -2.15. The Morgan fingerprint density at radius 1 is 1.25 bits per heavy atom. The van der Waals surface area contributed by atoms with Gasteiger partial charge in [-0.2, -0.15) is 4.58 Å². The minimum atomic E-state index is 0.0295. The van der Waals surface area contributed by atoms with Gasteiger partial charge in [-0.15, -0.1) is 0 Å². The molecule has 0 aliphatic carbocycles. The lowest BCUT2D eigenvalue weighted by atomic mass is 9.81. The quantitative estimate of drug-likeness (QED) is 0.753. The van der Waals surface area contributed by atoms with E-state index in [1.165, 1.54) is 17.0 Å². The van der Waals surface area contributed by atoms with E-state index >= 15 is 0 Å². The molecule has 0 radical (unpaired) electrons. The standard InChI is InChI=1S/C21H29N2O/c1-5-14-23-18-11-8-7-10-17(18)21(3,4)19(23)12-9-13-20-22(6-2)15-16-24-20/h7-13H,5-6,14-16H2,1-4H3/q+1. The first-order chi connectivity index (χ1) is 11.6. The highest BCUT2D eigenvalue weighted by Gasteiger charge is 2.43. The number of hydrogen-bond donors (Lipinski definition) is 0. The second kappa shape index (κ2) is 6.84. The Kier molecular flexibility index (Phi) is 4.79. The summed E-state index contributed by atoms with van der Waals surface area (Å²) in [6.07, 6.45) is 7.65. The largest absolute Gasteiger partial charge is 0.477 e. The van der Waals surface area contributed by atoms with Gasteiger partial charge in [0.15, 0.2) is 11.6 Å². The van der Waals surface area contributed by atoms with Gasteiger partial charge in [-0.25, -0.2) is 0 Å². The summed E-state index contributed by atoms with van der Waals surface area (Å²) >= 11 is 0. The number of rotatable bonds is 5. The Morgan fingerprint density at radius 2 is 2.04 bits per heavy atom. The Balaban J connectivity index is 1.94. The van der Waals surface area contributed by atoms with Crippen LogP contribution in [0.4, 0.5) is 5.69 Å². The Hall–Kier alpha value is -2.03. The van der Waals surface area contributed by atoms with Crippen molar-refractivity contribution in [2.45, 2.75) is 39.5 Å². The molecule has 1 aromatic rings. The molecule has 1 saturated heterocycles. The van der Waals surface area contributed by atoms with Gasteiger partial charge in [0.2, 0.25) is 5.69 Å². The number of allylic oxidation sites excluding steroid dienone is 3. The van der Waals surface area contributed by atoms with Crippen LogP contribution < -0.4 is 0 Å². The van der Waals surface area contributed by atoms with Crippen molar-refractivity contribution in [3.63, 3.8) is 0 Å². The molecule has 2 heterocycles. The molecule has 128 valence electrons. The van der Waals surface area contributed by atoms with Crippen LogP contribution in [0.3, 0.4) is 0 Å². The van der Waals surface area contributed by atoms with Crippen molar-refractivity contribution in [1.29, 1.82) is 0 Å². The summed E-state index contributed by atoms with van der Waals surface area (Å²) in [7, 11) is 0. The minimum Gasteiger partial charge on any atom is -0.477 e. The number of ether oxygens (including phenoxy) is 1. The molecular weight excluding hydrogens is 296 g/mol. The van der Waals surface area contributed by atoms with Crippen LogP contribution in [0.25, 0.3) is 0 Å². The van der Waals surface area contributed by atoms with Crippen LogP contribution in [-0.2, 0) is 10.2 Å². The van der Waals surface area contributed by atoms with E-state index in [2.05, 4.69) is 79.7 Å². The first-order valence-corrected chi connectivity index (χ1v) is 9.10. The van der Waals surface area contributed by atoms with Crippen LogP contribution in [-0.4, -0.2) is 41.4 Å².